The predicted molar refractivity (Wildman–Crippen MR) is 72.8 cm³/mol. The van der Waals surface area contributed by atoms with Gasteiger partial charge in [-0.15, -0.1) is 0 Å². The van der Waals surface area contributed by atoms with E-state index in [0.29, 0.717) is 17.9 Å². The zero-order valence-corrected chi connectivity index (χ0v) is 11.4. The number of H-pyrrole nitrogens is 1. The number of nitrogens with one attached hydrogen (secondary N) is 1. The van der Waals surface area contributed by atoms with E-state index < -0.39 is 0 Å². The van der Waals surface area contributed by atoms with Gasteiger partial charge in [-0.05, 0) is 25.7 Å². The minimum Gasteiger partial charge on any atom is -0.395 e. The number of nitrogen functional groups attached to an aromatic ring is 1. The average molecular weight is 266 g/mol. The average Bonchev–Trinajstić information content (AvgIpc) is 2.68. The van der Waals surface area contributed by atoms with Crippen LogP contribution in [0.5, 0.6) is 0 Å². The molecule has 106 valence electrons. The van der Waals surface area contributed by atoms with E-state index in [1.165, 1.54) is 0 Å². The molecule has 1 aromatic heterocycles. The topological polar surface area (TPSA) is 95.2 Å². The van der Waals surface area contributed by atoms with Crippen molar-refractivity contribution in [2.24, 2.45) is 0 Å². The van der Waals surface area contributed by atoms with E-state index in [0.717, 1.165) is 37.8 Å². The summed E-state index contributed by atoms with van der Waals surface area (Å²) < 4.78 is 0. The molecule has 2 rings (SSSR count). The number of aliphatic hydroxyl groups excluding tert-OH is 1. The van der Waals surface area contributed by atoms with Crippen LogP contribution in [-0.4, -0.2) is 45.3 Å². The van der Waals surface area contributed by atoms with Crippen LogP contribution in [0, 0.1) is 0 Å². The van der Waals surface area contributed by atoms with Crippen LogP contribution in [0.15, 0.2) is 0 Å². The highest BCUT2D eigenvalue weighted by Crippen LogP contribution is 2.27. The normalized spacial score (nSPS) is 15.3. The summed E-state index contributed by atoms with van der Waals surface area (Å²) in [5.41, 5.74) is 7.55. The number of nitrogens with two attached hydrogens (primary N) is 1. The van der Waals surface area contributed by atoms with Gasteiger partial charge >= 0.3 is 0 Å². The van der Waals surface area contributed by atoms with E-state index in [2.05, 4.69) is 10.2 Å². The van der Waals surface area contributed by atoms with Gasteiger partial charge in [0.1, 0.15) is 0 Å². The highest BCUT2D eigenvalue weighted by molar-refractivity contribution is 5.97. The smallest absolute Gasteiger partial charge is 0.276 e. The summed E-state index contributed by atoms with van der Waals surface area (Å²) in [6.45, 7) is 2.36. The van der Waals surface area contributed by atoms with E-state index in [1.54, 1.807) is 4.90 Å². The first-order valence-electron chi connectivity index (χ1n) is 6.93. The van der Waals surface area contributed by atoms with E-state index in [4.69, 9.17) is 10.8 Å². The number of carbonyl (C=O) groups excluding carboxylic acids is 1. The zero-order chi connectivity index (χ0) is 13.8. The van der Waals surface area contributed by atoms with Crippen molar-refractivity contribution in [1.29, 1.82) is 0 Å². The van der Waals surface area contributed by atoms with Gasteiger partial charge in [-0.25, -0.2) is 0 Å². The fraction of sp³-hybridized carbons (Fsp3) is 0.692. The standard InChI is InChI=1S/C13H22N4O2/c1-2-4-10-11(14)12(16-15-10)13(19)17(7-8-18)9-5-3-6-9/h9,18H,2-8,14H2,1H3,(H,15,16). The molecule has 4 N–H and O–H groups in total. The molecule has 1 heterocycles. The number of anilines is 1. The van der Waals surface area contributed by atoms with Crippen molar-refractivity contribution in [3.63, 3.8) is 0 Å². The number of amides is 1. The zero-order valence-electron chi connectivity index (χ0n) is 11.4. The predicted octanol–water partition coefficient (Wildman–Crippen LogP) is 0.931. The summed E-state index contributed by atoms with van der Waals surface area (Å²) >= 11 is 0. The van der Waals surface area contributed by atoms with Gasteiger partial charge in [0.05, 0.1) is 18.0 Å². The Balaban J connectivity index is 2.16. The highest BCUT2D eigenvalue weighted by Gasteiger charge is 2.31. The van der Waals surface area contributed by atoms with Gasteiger partial charge in [-0.1, -0.05) is 13.3 Å². The van der Waals surface area contributed by atoms with E-state index in [9.17, 15) is 4.79 Å². The Hall–Kier alpha value is -1.56. The molecule has 0 radical (unpaired) electrons. The van der Waals surface area contributed by atoms with E-state index in [-0.39, 0.29) is 18.6 Å². The number of aryl methyl sites for hydroxylation is 1. The Bertz CT molecular complexity index is 440. The molecule has 1 amide bonds. The number of hydrogen-bond acceptors (Lipinski definition) is 4. The fourth-order valence-corrected chi connectivity index (χ4v) is 2.38. The number of rotatable bonds is 6. The Kier molecular flexibility index (Phi) is 4.42. The molecule has 0 spiro atoms. The SMILES string of the molecule is CCCc1[nH]nc(C(=O)N(CCO)C2CCC2)c1N. The molecule has 0 aromatic carbocycles. The van der Waals surface area contributed by atoms with Crippen LogP contribution in [0.2, 0.25) is 0 Å². The molecule has 0 saturated heterocycles. The summed E-state index contributed by atoms with van der Waals surface area (Å²) in [5.74, 6) is -0.171. The molecule has 0 atom stereocenters. The maximum Gasteiger partial charge on any atom is 0.276 e. The van der Waals surface area contributed by atoms with Crippen molar-refractivity contribution < 1.29 is 9.90 Å². The Morgan fingerprint density at radius 2 is 2.32 bits per heavy atom. The summed E-state index contributed by atoms with van der Waals surface area (Å²) in [5, 5.41) is 16.0. The van der Waals surface area contributed by atoms with Gasteiger partial charge < -0.3 is 15.7 Å². The van der Waals surface area contributed by atoms with E-state index >= 15 is 0 Å². The van der Waals surface area contributed by atoms with Crippen molar-refractivity contribution >= 4 is 11.6 Å². The Morgan fingerprint density at radius 3 is 2.84 bits per heavy atom. The molecule has 19 heavy (non-hydrogen) atoms. The second kappa shape index (κ2) is 6.06. The minimum absolute atomic E-state index is 0.0333. The summed E-state index contributed by atoms with van der Waals surface area (Å²) in [4.78, 5) is 14.2. The van der Waals surface area contributed by atoms with Crippen LogP contribution in [0.25, 0.3) is 0 Å². The lowest BCUT2D eigenvalue weighted by Gasteiger charge is -2.36. The van der Waals surface area contributed by atoms with Crippen molar-refractivity contribution in [3.05, 3.63) is 11.4 Å². The van der Waals surface area contributed by atoms with Gasteiger partial charge in [0.15, 0.2) is 5.69 Å². The lowest BCUT2D eigenvalue weighted by atomic mass is 9.91. The monoisotopic (exact) mass is 266 g/mol. The van der Waals surface area contributed by atoms with Crippen molar-refractivity contribution in [1.82, 2.24) is 15.1 Å². The molecule has 6 nitrogen and oxygen atoms in total. The highest BCUT2D eigenvalue weighted by atomic mass is 16.3. The number of nitrogens with zero attached hydrogens (tertiary/aromatic N) is 2. The molecule has 0 aliphatic heterocycles. The van der Waals surface area contributed by atoms with Gasteiger partial charge in [0, 0.05) is 12.6 Å². The van der Waals surface area contributed by atoms with Crippen LogP contribution in [0.3, 0.4) is 0 Å². The number of carbonyl (C=O) groups is 1. The first-order valence-corrected chi connectivity index (χ1v) is 6.93. The molecular formula is C13H22N4O2. The molecule has 1 fully saturated rings. The summed E-state index contributed by atoms with van der Waals surface area (Å²) in [7, 11) is 0. The van der Waals surface area contributed by atoms with Crippen molar-refractivity contribution in [2.75, 3.05) is 18.9 Å². The molecule has 0 bridgehead atoms. The lowest BCUT2D eigenvalue weighted by molar-refractivity contribution is 0.0521. The van der Waals surface area contributed by atoms with Crippen LogP contribution in [0.1, 0.15) is 48.8 Å². The third kappa shape index (κ3) is 2.73. The summed E-state index contributed by atoms with van der Waals surface area (Å²) in [6.07, 6.45) is 4.87. The first-order chi connectivity index (χ1) is 9.19. The third-order valence-electron chi connectivity index (χ3n) is 3.70. The molecule has 0 unspecified atom stereocenters. The molecular weight excluding hydrogens is 244 g/mol. The lowest BCUT2D eigenvalue weighted by Crippen LogP contribution is -2.46. The van der Waals surface area contributed by atoms with Gasteiger partial charge in [-0.2, -0.15) is 5.10 Å². The second-order valence-corrected chi connectivity index (χ2v) is 5.02. The summed E-state index contributed by atoms with van der Waals surface area (Å²) in [6, 6.07) is 0.227. The van der Waals surface area contributed by atoms with E-state index in [1.807, 2.05) is 6.92 Å². The van der Waals surface area contributed by atoms with Gasteiger partial charge in [-0.3, -0.25) is 9.89 Å². The molecule has 1 aliphatic carbocycles. The molecule has 6 heteroatoms. The maximum atomic E-state index is 12.5. The van der Waals surface area contributed by atoms with Crippen LogP contribution >= 0.6 is 0 Å². The Labute approximate surface area is 113 Å². The fourth-order valence-electron chi connectivity index (χ4n) is 2.38. The second-order valence-electron chi connectivity index (χ2n) is 5.02. The number of aromatic amines is 1. The number of aromatic nitrogens is 2. The van der Waals surface area contributed by atoms with Gasteiger partial charge in [0.25, 0.3) is 5.91 Å². The largest absolute Gasteiger partial charge is 0.395 e. The quantitative estimate of drug-likeness (QED) is 0.714. The van der Waals surface area contributed by atoms with Crippen LogP contribution in [0.4, 0.5) is 5.69 Å². The van der Waals surface area contributed by atoms with Crippen molar-refractivity contribution in [2.45, 2.75) is 45.1 Å². The molecule has 1 saturated carbocycles. The number of aliphatic hydroxyl groups is 1. The van der Waals surface area contributed by atoms with Crippen molar-refractivity contribution in [3.8, 4) is 0 Å². The van der Waals surface area contributed by atoms with Crippen LogP contribution < -0.4 is 5.73 Å². The van der Waals surface area contributed by atoms with Gasteiger partial charge in [0.2, 0.25) is 0 Å². The molecule has 1 aliphatic rings. The van der Waals surface area contributed by atoms with Crippen LogP contribution in [-0.2, 0) is 6.42 Å². The minimum atomic E-state index is -0.171. The third-order valence-corrected chi connectivity index (χ3v) is 3.70. The maximum absolute atomic E-state index is 12.5. The first kappa shape index (κ1) is 13.9. The molecule has 1 aromatic rings. The number of hydrogen-bond donors (Lipinski definition) is 3. The Morgan fingerprint density at radius 1 is 1.58 bits per heavy atom.